The third kappa shape index (κ3) is 6.33. The van der Waals surface area contributed by atoms with Gasteiger partial charge in [0.1, 0.15) is 4.21 Å². The van der Waals surface area contributed by atoms with Crippen molar-refractivity contribution in [2.45, 2.75) is 94.0 Å². The van der Waals surface area contributed by atoms with Crippen molar-refractivity contribution >= 4 is 27.1 Å². The van der Waals surface area contributed by atoms with E-state index < -0.39 is 27.1 Å². The average Bonchev–Trinajstić information content (AvgIpc) is 3.75. The normalized spacial score (nSPS) is 26.7. The van der Waals surface area contributed by atoms with Gasteiger partial charge in [0, 0.05) is 24.1 Å². The molecule has 43 heavy (non-hydrogen) atoms. The number of aliphatic hydroxyl groups excluding tert-OH is 1. The zero-order chi connectivity index (χ0) is 30.8. The van der Waals surface area contributed by atoms with Crippen molar-refractivity contribution in [3.8, 4) is 0 Å². The molecule has 6 rings (SSSR count). The first-order valence-electron chi connectivity index (χ1n) is 15.3. The molecule has 2 aromatic heterocycles. The number of fused-ring (bicyclic) bond motifs is 8. The molecular weight excluding hydrogens is 583 g/mol. The molecule has 9 heteroatoms. The number of benzene rings is 1. The van der Waals surface area contributed by atoms with Crippen molar-refractivity contribution in [1.29, 1.82) is 0 Å². The van der Waals surface area contributed by atoms with E-state index in [1.165, 1.54) is 27.5 Å². The monoisotopic (exact) mass is 625 g/mol. The van der Waals surface area contributed by atoms with Crippen molar-refractivity contribution < 1.29 is 27.8 Å². The number of carbonyl (C=O) groups excluding carboxylic acids is 1. The highest BCUT2D eigenvalue weighted by atomic mass is 32.2. The van der Waals surface area contributed by atoms with Gasteiger partial charge >= 0.3 is 0 Å². The number of hydrogen-bond acceptors (Lipinski definition) is 7. The first-order chi connectivity index (χ1) is 20.5. The van der Waals surface area contributed by atoms with E-state index in [0.717, 1.165) is 17.5 Å². The number of carbonyl (C=O) groups is 1. The maximum Gasteiger partial charge on any atom is 0.252 e. The van der Waals surface area contributed by atoms with Gasteiger partial charge in [-0.2, -0.15) is 4.31 Å². The summed E-state index contributed by atoms with van der Waals surface area (Å²) in [6.45, 7) is 6.38. The number of rotatable bonds is 8. The summed E-state index contributed by atoms with van der Waals surface area (Å²) < 4.78 is 34.7. The second kappa shape index (κ2) is 12.8. The topological polar surface area (TPSA) is 108 Å². The first-order valence-corrected chi connectivity index (χ1v) is 17.6. The van der Waals surface area contributed by atoms with Gasteiger partial charge in [-0.05, 0) is 105 Å². The SMILES string of the molecule is CCCN(CC1(O)CCC2c3ccc(cc3C(=O)c3ccco3)CC(O)CCC(C)=CCCC21C)S(=O)(=O)c1cccs1. The van der Waals surface area contributed by atoms with E-state index >= 15 is 0 Å². The van der Waals surface area contributed by atoms with Crippen LogP contribution < -0.4 is 0 Å². The molecule has 4 atom stereocenters. The summed E-state index contributed by atoms with van der Waals surface area (Å²) in [6, 6.07) is 12.5. The zero-order valence-electron chi connectivity index (χ0n) is 25.3. The number of thiophene rings is 1. The summed E-state index contributed by atoms with van der Waals surface area (Å²) in [5, 5.41) is 25.2. The average molecular weight is 626 g/mol. The van der Waals surface area contributed by atoms with Crippen LogP contribution in [0, 0.1) is 5.41 Å². The summed E-state index contributed by atoms with van der Waals surface area (Å²) >= 11 is 1.19. The van der Waals surface area contributed by atoms with Crippen LogP contribution in [0.1, 0.15) is 98.9 Å². The van der Waals surface area contributed by atoms with E-state index in [2.05, 4.69) is 19.9 Å². The molecule has 0 aliphatic heterocycles. The van der Waals surface area contributed by atoms with Crippen LogP contribution in [0.3, 0.4) is 0 Å². The lowest BCUT2D eigenvalue weighted by atomic mass is 9.65. The highest BCUT2D eigenvalue weighted by Crippen LogP contribution is 2.59. The summed E-state index contributed by atoms with van der Waals surface area (Å²) in [5.41, 5.74) is 1.35. The summed E-state index contributed by atoms with van der Waals surface area (Å²) in [6.07, 6.45) is 7.89. The van der Waals surface area contributed by atoms with Gasteiger partial charge < -0.3 is 14.6 Å². The molecule has 2 N–H and O–H groups in total. The van der Waals surface area contributed by atoms with Crippen LogP contribution in [0.15, 0.2) is 74.4 Å². The Hall–Kier alpha value is -2.56. The van der Waals surface area contributed by atoms with E-state index in [-0.39, 0.29) is 28.2 Å². The van der Waals surface area contributed by atoms with E-state index in [1.807, 2.05) is 25.1 Å². The van der Waals surface area contributed by atoms with Gasteiger partial charge in [-0.15, -0.1) is 11.3 Å². The molecule has 3 aliphatic carbocycles. The Morgan fingerprint density at radius 3 is 2.67 bits per heavy atom. The van der Waals surface area contributed by atoms with Crippen molar-refractivity contribution in [1.82, 2.24) is 4.31 Å². The van der Waals surface area contributed by atoms with Gasteiger partial charge in [-0.1, -0.05) is 43.7 Å². The molecule has 0 radical (unpaired) electrons. The number of hydrogen-bond donors (Lipinski definition) is 2. The Morgan fingerprint density at radius 1 is 1.16 bits per heavy atom. The molecule has 2 bridgehead atoms. The van der Waals surface area contributed by atoms with Crippen LogP contribution >= 0.6 is 11.3 Å². The van der Waals surface area contributed by atoms with Crippen LogP contribution in [0.4, 0.5) is 0 Å². The number of ketones is 1. The van der Waals surface area contributed by atoms with Crippen molar-refractivity contribution in [2.75, 3.05) is 13.1 Å². The van der Waals surface area contributed by atoms with Crippen molar-refractivity contribution in [3.05, 3.63) is 88.2 Å². The summed E-state index contributed by atoms with van der Waals surface area (Å²) in [4.78, 5) is 13.8. The Kier molecular flexibility index (Phi) is 9.49. The Labute approximate surface area is 259 Å². The smallest absolute Gasteiger partial charge is 0.252 e. The molecule has 7 nitrogen and oxygen atoms in total. The summed E-state index contributed by atoms with van der Waals surface area (Å²) in [7, 11) is -3.78. The van der Waals surface area contributed by atoms with E-state index in [9.17, 15) is 23.4 Å². The molecule has 3 aliphatic rings. The van der Waals surface area contributed by atoms with Crippen molar-refractivity contribution in [3.63, 3.8) is 0 Å². The predicted octanol–water partition coefficient (Wildman–Crippen LogP) is 6.71. The molecule has 0 saturated heterocycles. The number of allylic oxidation sites excluding steroid dienone is 2. The van der Waals surface area contributed by atoms with Gasteiger partial charge in [0.2, 0.25) is 5.78 Å². The lowest BCUT2D eigenvalue weighted by Gasteiger charge is -2.45. The number of nitrogens with zero attached hydrogens (tertiary/aromatic N) is 1. The molecular formula is C34H43NO6S2. The van der Waals surface area contributed by atoms with Crippen LogP contribution in [0.5, 0.6) is 0 Å². The third-order valence-electron chi connectivity index (χ3n) is 9.66. The maximum atomic E-state index is 13.8. The van der Waals surface area contributed by atoms with Gasteiger partial charge in [-0.3, -0.25) is 4.79 Å². The molecule has 1 aromatic carbocycles. The molecule has 4 unspecified atom stereocenters. The second-order valence-corrected chi connectivity index (χ2v) is 15.6. The van der Waals surface area contributed by atoms with Crippen LogP contribution in [0.25, 0.3) is 0 Å². The maximum absolute atomic E-state index is 13.8. The molecule has 0 spiro atoms. The standard InChI is InChI=1S/C34H43NO6S2/c1-4-18-35(43(39,40)31-10-7-20-42-31)23-34(38)17-15-29-27-14-12-25(22-28(27)32(37)30-9-6-19-41-30)21-26(36)13-11-24(2)8-5-16-33(29,34)3/h6-10,12,14,19-20,22,26,29,36,38H,4-5,11,13,15-18,21,23H2,1-3H3. The molecule has 1 saturated carbocycles. The van der Waals surface area contributed by atoms with Crippen LogP contribution in [-0.4, -0.2) is 53.5 Å². The van der Waals surface area contributed by atoms with Gasteiger partial charge in [-0.25, -0.2) is 8.42 Å². The molecule has 2 heterocycles. The highest BCUT2D eigenvalue weighted by Gasteiger charge is 2.58. The van der Waals surface area contributed by atoms with Gasteiger partial charge in [0.15, 0.2) is 5.76 Å². The largest absolute Gasteiger partial charge is 0.461 e. The minimum Gasteiger partial charge on any atom is -0.461 e. The van der Waals surface area contributed by atoms with Gasteiger partial charge in [0.05, 0.1) is 18.0 Å². The number of furan rings is 1. The fourth-order valence-electron chi connectivity index (χ4n) is 7.10. The minimum atomic E-state index is -3.78. The lowest BCUT2D eigenvalue weighted by molar-refractivity contribution is -0.0723. The van der Waals surface area contributed by atoms with Crippen molar-refractivity contribution in [2.24, 2.45) is 5.41 Å². The highest BCUT2D eigenvalue weighted by molar-refractivity contribution is 7.91. The first kappa shape index (κ1) is 31.9. The predicted molar refractivity (Wildman–Crippen MR) is 169 cm³/mol. The Balaban J connectivity index is 1.61. The molecule has 0 amide bonds. The fourth-order valence-corrected chi connectivity index (χ4v) is 9.83. The zero-order valence-corrected chi connectivity index (χ0v) is 26.9. The van der Waals surface area contributed by atoms with Crippen LogP contribution in [0.2, 0.25) is 0 Å². The number of sulfonamides is 1. The Morgan fingerprint density at radius 2 is 1.98 bits per heavy atom. The molecule has 1 fully saturated rings. The quantitative estimate of drug-likeness (QED) is 0.213. The third-order valence-corrected chi connectivity index (χ3v) is 12.9. The van der Waals surface area contributed by atoms with E-state index in [4.69, 9.17) is 4.42 Å². The second-order valence-electron chi connectivity index (χ2n) is 12.5. The lowest BCUT2D eigenvalue weighted by Crippen LogP contribution is -2.53. The number of aliphatic hydroxyl groups is 2. The molecule has 232 valence electrons. The Bertz CT molecular complexity index is 1550. The molecule has 3 aromatic rings. The van der Waals surface area contributed by atoms with E-state index in [0.29, 0.717) is 57.1 Å². The van der Waals surface area contributed by atoms with Crippen LogP contribution in [-0.2, 0) is 16.4 Å². The van der Waals surface area contributed by atoms with Gasteiger partial charge in [0.25, 0.3) is 10.0 Å². The summed E-state index contributed by atoms with van der Waals surface area (Å²) in [5.74, 6) is -0.190. The minimum absolute atomic E-state index is 0.0114. The fraction of sp³-hybridized carbons (Fsp3) is 0.500. The van der Waals surface area contributed by atoms with E-state index in [1.54, 1.807) is 29.6 Å².